The molecule has 0 aliphatic rings. The minimum absolute atomic E-state index is 0.00191. The topological polar surface area (TPSA) is 78.2 Å². The number of nitrogens with one attached hydrogen (secondary N) is 1. The molecule has 7 nitrogen and oxygen atoms in total. The number of amides is 1. The quantitative estimate of drug-likeness (QED) is 0.447. The third-order valence-electron chi connectivity index (χ3n) is 5.95. The van der Waals surface area contributed by atoms with Crippen LogP contribution < -0.4 is 15.6 Å². The Labute approximate surface area is 192 Å². The molecule has 33 heavy (non-hydrogen) atoms. The fraction of sp³-hybridized carbons (Fsp3) is 0.269. The van der Waals surface area contributed by atoms with Crippen molar-refractivity contribution in [2.75, 3.05) is 7.11 Å². The van der Waals surface area contributed by atoms with Crippen LogP contribution in [0.4, 0.5) is 0 Å². The second-order valence-electron chi connectivity index (χ2n) is 8.04. The van der Waals surface area contributed by atoms with E-state index in [1.54, 1.807) is 13.3 Å². The normalized spacial score (nSPS) is 11.0. The molecule has 0 atom stereocenters. The molecule has 4 aromatic rings. The van der Waals surface area contributed by atoms with E-state index in [4.69, 9.17) is 4.74 Å². The van der Waals surface area contributed by atoms with Crippen LogP contribution >= 0.6 is 0 Å². The largest absolute Gasteiger partial charge is 0.497 e. The summed E-state index contributed by atoms with van der Waals surface area (Å²) in [5.41, 5.74) is 3.49. The molecule has 2 aromatic heterocycles. The zero-order valence-corrected chi connectivity index (χ0v) is 19.2. The van der Waals surface area contributed by atoms with Crippen LogP contribution in [0.25, 0.3) is 16.5 Å². The van der Waals surface area contributed by atoms with Gasteiger partial charge in [-0.1, -0.05) is 30.3 Å². The monoisotopic (exact) mass is 444 g/mol. The Morgan fingerprint density at radius 3 is 2.61 bits per heavy atom. The molecule has 0 radical (unpaired) electrons. The van der Waals surface area contributed by atoms with E-state index >= 15 is 0 Å². The summed E-state index contributed by atoms with van der Waals surface area (Å²) < 4.78 is 8.77. The number of hydrogen-bond donors (Lipinski definition) is 1. The molecule has 0 fully saturated rings. The highest BCUT2D eigenvalue weighted by atomic mass is 16.5. The van der Waals surface area contributed by atoms with Gasteiger partial charge in [0.2, 0.25) is 5.91 Å². The van der Waals surface area contributed by atoms with E-state index in [-0.39, 0.29) is 11.5 Å². The Kier molecular flexibility index (Phi) is 6.58. The number of fused-ring (bicyclic) bond motifs is 1. The number of carbonyl (C=O) groups excluding carboxylic acids is 1. The molecule has 0 saturated heterocycles. The van der Waals surface area contributed by atoms with E-state index in [2.05, 4.69) is 15.0 Å². The third-order valence-corrected chi connectivity index (χ3v) is 5.95. The van der Waals surface area contributed by atoms with Gasteiger partial charge < -0.3 is 14.6 Å². The fourth-order valence-corrected chi connectivity index (χ4v) is 4.17. The summed E-state index contributed by atoms with van der Waals surface area (Å²) in [6, 6.07) is 17.1. The molecule has 0 bridgehead atoms. The maximum absolute atomic E-state index is 13.2. The van der Waals surface area contributed by atoms with Crippen LogP contribution in [0.2, 0.25) is 0 Å². The van der Waals surface area contributed by atoms with Gasteiger partial charge in [-0.2, -0.15) is 9.78 Å². The fourth-order valence-electron chi connectivity index (χ4n) is 4.17. The number of nitrogens with zero attached hydrogens (tertiary/aromatic N) is 3. The van der Waals surface area contributed by atoms with Gasteiger partial charge >= 0.3 is 0 Å². The van der Waals surface area contributed by atoms with Crippen molar-refractivity contribution < 1.29 is 9.53 Å². The van der Waals surface area contributed by atoms with E-state index in [1.807, 2.05) is 68.4 Å². The molecule has 1 N–H and O–H groups in total. The van der Waals surface area contributed by atoms with Crippen molar-refractivity contribution >= 4 is 16.7 Å². The van der Waals surface area contributed by atoms with Crippen molar-refractivity contribution in [1.29, 1.82) is 0 Å². The Morgan fingerprint density at radius 1 is 1.06 bits per heavy atom. The lowest BCUT2D eigenvalue weighted by Crippen LogP contribution is -2.23. The van der Waals surface area contributed by atoms with Crippen LogP contribution in [0.1, 0.15) is 29.8 Å². The lowest BCUT2D eigenvalue weighted by atomic mass is 10.2. The number of benzene rings is 2. The third kappa shape index (κ3) is 4.67. The van der Waals surface area contributed by atoms with Crippen molar-refractivity contribution in [3.63, 3.8) is 0 Å². The first kappa shape index (κ1) is 22.3. The maximum atomic E-state index is 13.2. The van der Waals surface area contributed by atoms with Crippen LogP contribution in [-0.4, -0.2) is 27.4 Å². The van der Waals surface area contributed by atoms with Crippen LogP contribution in [0.15, 0.2) is 65.6 Å². The van der Waals surface area contributed by atoms with Crippen LogP contribution in [0.3, 0.4) is 0 Å². The number of methoxy groups -OCH3 is 1. The zero-order chi connectivity index (χ0) is 23.4. The lowest BCUT2D eigenvalue weighted by molar-refractivity contribution is -0.121. The first-order valence-electron chi connectivity index (χ1n) is 11.0. The summed E-state index contributed by atoms with van der Waals surface area (Å²) in [7, 11) is 1.62. The lowest BCUT2D eigenvalue weighted by Gasteiger charge is -2.10. The van der Waals surface area contributed by atoms with Gasteiger partial charge in [0.15, 0.2) is 0 Å². The van der Waals surface area contributed by atoms with Crippen LogP contribution in [-0.2, 0) is 17.9 Å². The molecule has 0 aliphatic heterocycles. The van der Waals surface area contributed by atoms with Crippen molar-refractivity contribution in [3.05, 3.63) is 88.1 Å². The molecule has 2 aromatic carbocycles. The molecule has 0 unspecified atom stereocenters. The Bertz CT molecular complexity index is 1340. The highest BCUT2D eigenvalue weighted by Gasteiger charge is 2.17. The second kappa shape index (κ2) is 9.73. The van der Waals surface area contributed by atoms with Gasteiger partial charge in [-0.25, -0.2) is 0 Å². The van der Waals surface area contributed by atoms with Gasteiger partial charge in [0.25, 0.3) is 5.56 Å². The average molecular weight is 445 g/mol. The number of aromatic nitrogens is 3. The maximum Gasteiger partial charge on any atom is 0.281 e. The standard InChI is InChI=1S/C26H28N4O3/c1-18-23-17-28-30(21-10-5-4-6-11-21)26(32)25(23)19(2)29(18)14-8-13-24(31)27-16-20-9-7-12-22(15-20)33-3/h4-7,9-12,15,17H,8,13-14,16H2,1-3H3,(H,27,31). The number of aryl methyl sites for hydroxylation is 2. The highest BCUT2D eigenvalue weighted by molar-refractivity contribution is 5.87. The first-order chi connectivity index (χ1) is 16.0. The first-order valence-corrected chi connectivity index (χ1v) is 11.0. The molecule has 0 saturated carbocycles. The minimum atomic E-state index is -0.130. The van der Waals surface area contributed by atoms with Crippen molar-refractivity contribution in [3.8, 4) is 11.4 Å². The highest BCUT2D eigenvalue weighted by Crippen LogP contribution is 2.23. The summed E-state index contributed by atoms with van der Waals surface area (Å²) in [4.78, 5) is 25.5. The van der Waals surface area contributed by atoms with Crippen molar-refractivity contribution in [2.24, 2.45) is 0 Å². The van der Waals surface area contributed by atoms with E-state index in [0.717, 1.165) is 33.8 Å². The number of hydrogen-bond acceptors (Lipinski definition) is 4. The zero-order valence-electron chi connectivity index (χ0n) is 19.2. The number of para-hydroxylation sites is 1. The minimum Gasteiger partial charge on any atom is -0.497 e. The number of ether oxygens (including phenoxy) is 1. The van der Waals surface area contributed by atoms with Crippen molar-refractivity contribution in [1.82, 2.24) is 19.7 Å². The predicted octanol–water partition coefficient (Wildman–Crippen LogP) is 3.91. The Balaban J connectivity index is 1.44. The molecule has 2 heterocycles. The molecule has 4 rings (SSSR count). The summed E-state index contributed by atoms with van der Waals surface area (Å²) in [6.45, 7) is 5.07. The van der Waals surface area contributed by atoms with Gasteiger partial charge in [0.1, 0.15) is 5.75 Å². The molecular formula is C26H28N4O3. The predicted molar refractivity (Wildman–Crippen MR) is 129 cm³/mol. The molecule has 170 valence electrons. The molecular weight excluding hydrogens is 416 g/mol. The number of rotatable bonds is 8. The second-order valence-corrected chi connectivity index (χ2v) is 8.04. The molecule has 7 heteroatoms. The van der Waals surface area contributed by atoms with Crippen molar-refractivity contribution in [2.45, 2.75) is 39.8 Å². The van der Waals surface area contributed by atoms with E-state index in [1.165, 1.54) is 4.68 Å². The van der Waals surface area contributed by atoms with Gasteiger partial charge in [-0.05, 0) is 50.1 Å². The molecule has 1 amide bonds. The Hall–Kier alpha value is -3.87. The van der Waals surface area contributed by atoms with E-state index < -0.39 is 0 Å². The SMILES string of the molecule is COc1cccc(CNC(=O)CCCn2c(C)c3cnn(-c4ccccc4)c(=O)c3c2C)c1. The van der Waals surface area contributed by atoms with Crippen LogP contribution in [0, 0.1) is 13.8 Å². The molecule has 0 spiro atoms. The smallest absolute Gasteiger partial charge is 0.281 e. The summed E-state index contributed by atoms with van der Waals surface area (Å²) >= 11 is 0. The Morgan fingerprint density at radius 2 is 1.85 bits per heavy atom. The number of carbonyl (C=O) groups is 1. The summed E-state index contributed by atoms with van der Waals surface area (Å²) in [6.07, 6.45) is 2.83. The summed E-state index contributed by atoms with van der Waals surface area (Å²) in [5, 5.41) is 8.87. The van der Waals surface area contributed by atoms with Crippen LogP contribution in [0.5, 0.6) is 5.75 Å². The average Bonchev–Trinajstić information content (AvgIpc) is 3.09. The van der Waals surface area contributed by atoms with E-state index in [0.29, 0.717) is 31.3 Å². The summed E-state index contributed by atoms with van der Waals surface area (Å²) in [5.74, 6) is 0.770. The van der Waals surface area contributed by atoms with Gasteiger partial charge in [-0.3, -0.25) is 9.59 Å². The van der Waals surface area contributed by atoms with Gasteiger partial charge in [0, 0.05) is 36.3 Å². The van der Waals surface area contributed by atoms with Gasteiger partial charge in [0.05, 0.1) is 24.4 Å². The van der Waals surface area contributed by atoms with E-state index in [9.17, 15) is 9.59 Å². The van der Waals surface area contributed by atoms with Gasteiger partial charge in [-0.15, -0.1) is 0 Å². The molecule has 0 aliphatic carbocycles.